The second-order valence-electron chi connectivity index (χ2n) is 6.50. The Morgan fingerprint density at radius 3 is 2.04 bits per heavy atom. The van der Waals surface area contributed by atoms with Gasteiger partial charge in [0.25, 0.3) is 0 Å². The van der Waals surface area contributed by atoms with E-state index >= 15 is 0 Å². The summed E-state index contributed by atoms with van der Waals surface area (Å²) < 4.78 is 10.7. The minimum atomic E-state index is -1.08. The quantitative estimate of drug-likeness (QED) is 0.269. The summed E-state index contributed by atoms with van der Waals surface area (Å²) in [7, 11) is 0. The number of aliphatic carboxylic acids is 2. The summed E-state index contributed by atoms with van der Waals surface area (Å²) in [6.07, 6.45) is 6.37. The molecule has 1 fully saturated rings. The molecule has 0 amide bonds. The number of esters is 1. The van der Waals surface area contributed by atoms with Gasteiger partial charge in [0.15, 0.2) is 6.23 Å². The first-order valence-corrected chi connectivity index (χ1v) is 9.75. The molecule has 9 nitrogen and oxygen atoms in total. The Bertz CT molecular complexity index is 449. The lowest BCUT2D eigenvalue weighted by molar-refractivity contribution is -0.161. The van der Waals surface area contributed by atoms with Crippen LogP contribution in [0.2, 0.25) is 0 Å². The zero-order valence-electron chi connectivity index (χ0n) is 16.6. The first kappa shape index (κ1) is 26.0. The third-order valence-electron chi connectivity index (χ3n) is 4.12. The van der Waals surface area contributed by atoms with Crippen molar-refractivity contribution in [2.75, 3.05) is 26.3 Å². The highest BCUT2D eigenvalue weighted by Gasteiger charge is 2.19. The molecule has 2 N–H and O–H groups in total. The highest BCUT2D eigenvalue weighted by Crippen LogP contribution is 2.10. The predicted octanol–water partition coefficient (Wildman–Crippen LogP) is 2.07. The first-order chi connectivity index (χ1) is 13.4. The van der Waals surface area contributed by atoms with Crippen molar-refractivity contribution in [2.45, 2.75) is 70.9 Å². The predicted molar refractivity (Wildman–Crippen MR) is 101 cm³/mol. The van der Waals surface area contributed by atoms with Crippen molar-refractivity contribution in [3.63, 3.8) is 0 Å². The van der Waals surface area contributed by atoms with Crippen molar-refractivity contribution in [3.8, 4) is 0 Å². The molecule has 1 aliphatic rings. The first-order valence-electron chi connectivity index (χ1n) is 9.75. The summed E-state index contributed by atoms with van der Waals surface area (Å²) in [5.41, 5.74) is 0. The zero-order valence-corrected chi connectivity index (χ0v) is 16.6. The van der Waals surface area contributed by atoms with Crippen molar-refractivity contribution in [1.29, 1.82) is 0 Å². The fraction of sp³-hybridized carbons (Fsp3) is 0.789. The minimum Gasteiger partial charge on any atom is -0.481 e. The topological polar surface area (TPSA) is 130 Å². The lowest BCUT2D eigenvalue weighted by atomic mass is 10.1. The summed E-state index contributed by atoms with van der Waals surface area (Å²) in [6.45, 7) is 4.99. The molecule has 28 heavy (non-hydrogen) atoms. The van der Waals surface area contributed by atoms with E-state index in [1.165, 1.54) is 0 Å². The second kappa shape index (κ2) is 17.1. The van der Waals surface area contributed by atoms with Crippen molar-refractivity contribution in [3.05, 3.63) is 0 Å². The van der Waals surface area contributed by atoms with Crippen molar-refractivity contribution in [2.24, 2.45) is 0 Å². The van der Waals surface area contributed by atoms with Crippen LogP contribution in [0.3, 0.4) is 0 Å². The Labute approximate surface area is 166 Å². The normalized spacial score (nSPS) is 15.0. The lowest BCUT2D eigenvalue weighted by Crippen LogP contribution is -2.44. The van der Waals surface area contributed by atoms with Crippen LogP contribution in [0.4, 0.5) is 0 Å². The summed E-state index contributed by atoms with van der Waals surface area (Å²) in [4.78, 5) is 43.3. The third kappa shape index (κ3) is 16.2. The number of aldehydes is 1. The molecule has 1 heterocycles. The number of rotatable bonds is 13. The maximum Gasteiger partial charge on any atom is 0.307 e. The molecular formula is C19H33NO8. The van der Waals surface area contributed by atoms with Crippen molar-refractivity contribution >= 4 is 24.2 Å². The molecule has 0 radical (unpaired) electrons. The summed E-state index contributed by atoms with van der Waals surface area (Å²) in [6, 6.07) is 0. The monoisotopic (exact) mass is 403 g/mol. The van der Waals surface area contributed by atoms with Crippen molar-refractivity contribution in [1.82, 2.24) is 4.90 Å². The van der Waals surface area contributed by atoms with E-state index in [-0.39, 0.29) is 25.0 Å². The van der Waals surface area contributed by atoms with Gasteiger partial charge in [-0.15, -0.1) is 0 Å². The molecule has 0 aromatic heterocycles. The Morgan fingerprint density at radius 2 is 1.50 bits per heavy atom. The van der Waals surface area contributed by atoms with E-state index in [1.807, 2.05) is 6.92 Å². The van der Waals surface area contributed by atoms with Gasteiger partial charge in [0.05, 0.1) is 26.1 Å². The number of hydrogen-bond donors (Lipinski definition) is 2. The number of carboxylic acids is 2. The van der Waals surface area contributed by atoms with Crippen LogP contribution in [-0.2, 0) is 28.7 Å². The maximum atomic E-state index is 11.7. The number of morpholine rings is 1. The van der Waals surface area contributed by atoms with Crippen LogP contribution in [0.5, 0.6) is 0 Å². The average molecular weight is 403 g/mol. The maximum absolute atomic E-state index is 11.7. The molecule has 0 aromatic carbocycles. The summed E-state index contributed by atoms with van der Waals surface area (Å²) in [5, 5.41) is 15.8. The van der Waals surface area contributed by atoms with E-state index in [9.17, 15) is 19.2 Å². The number of carbonyl (C=O) groups excluding carboxylic acids is 2. The molecule has 0 spiro atoms. The molecular weight excluding hydrogens is 370 g/mol. The molecule has 0 bridgehead atoms. The molecule has 0 saturated carbocycles. The molecule has 0 aliphatic carbocycles. The molecule has 162 valence electrons. The van der Waals surface area contributed by atoms with Crippen LogP contribution in [0.15, 0.2) is 0 Å². The molecule has 1 aliphatic heterocycles. The molecule has 1 unspecified atom stereocenters. The van der Waals surface area contributed by atoms with E-state index in [0.717, 1.165) is 51.5 Å². The molecule has 1 atom stereocenters. The van der Waals surface area contributed by atoms with Gasteiger partial charge in [0.2, 0.25) is 0 Å². The number of carboxylic acid groups (broad SMARTS) is 2. The smallest absolute Gasteiger partial charge is 0.307 e. The van der Waals surface area contributed by atoms with E-state index in [0.29, 0.717) is 26.1 Å². The largest absolute Gasteiger partial charge is 0.481 e. The standard InChI is InChI=1S/C15H27NO4.C4H6O4/c1-14(16-9-12-19-13-10-16)20-15(18)8-6-4-2-3-5-7-11-17;5-3(6)1-2-4(7)8/h11,14H,2-10,12-13H2,1H3;1-2H2,(H,5,6)(H,7,8). The van der Waals surface area contributed by atoms with Gasteiger partial charge in [-0.2, -0.15) is 0 Å². The third-order valence-corrected chi connectivity index (χ3v) is 4.12. The Kier molecular flexibility index (Phi) is 15.9. The van der Waals surface area contributed by atoms with Crippen molar-refractivity contribution < 1.29 is 38.9 Å². The zero-order chi connectivity index (χ0) is 21.2. The van der Waals surface area contributed by atoms with Crippen LogP contribution in [-0.4, -0.2) is 71.8 Å². The SMILES string of the molecule is CC(OC(=O)CCCCCCCC=O)N1CCOCC1.O=C(O)CCC(=O)O. The average Bonchev–Trinajstić information content (AvgIpc) is 2.67. The number of carbonyl (C=O) groups is 4. The van der Waals surface area contributed by atoms with Gasteiger partial charge < -0.3 is 24.5 Å². The molecule has 0 aromatic rings. The van der Waals surface area contributed by atoms with Gasteiger partial charge in [-0.3, -0.25) is 19.3 Å². The second-order valence-corrected chi connectivity index (χ2v) is 6.50. The fourth-order valence-electron chi connectivity index (χ4n) is 2.51. The molecule has 1 saturated heterocycles. The number of ether oxygens (including phenoxy) is 2. The number of hydrogen-bond acceptors (Lipinski definition) is 7. The number of nitrogens with zero attached hydrogens (tertiary/aromatic N) is 1. The van der Waals surface area contributed by atoms with Gasteiger partial charge in [-0.05, 0) is 19.8 Å². The van der Waals surface area contributed by atoms with Crippen LogP contribution < -0.4 is 0 Å². The highest BCUT2D eigenvalue weighted by atomic mass is 16.6. The van der Waals surface area contributed by atoms with Gasteiger partial charge >= 0.3 is 17.9 Å². The van der Waals surface area contributed by atoms with E-state index < -0.39 is 11.9 Å². The molecule has 1 rings (SSSR count). The Hall–Kier alpha value is -2.00. The van der Waals surface area contributed by atoms with Crippen LogP contribution in [0.1, 0.15) is 64.7 Å². The summed E-state index contributed by atoms with van der Waals surface area (Å²) >= 11 is 0. The summed E-state index contributed by atoms with van der Waals surface area (Å²) in [5.74, 6) is -2.27. The van der Waals surface area contributed by atoms with Crippen LogP contribution in [0, 0.1) is 0 Å². The van der Waals surface area contributed by atoms with E-state index in [2.05, 4.69) is 4.90 Å². The highest BCUT2D eigenvalue weighted by molar-refractivity contribution is 5.75. The Balaban J connectivity index is 0.000000769. The van der Waals surface area contributed by atoms with Gasteiger partial charge in [0, 0.05) is 25.9 Å². The van der Waals surface area contributed by atoms with Gasteiger partial charge in [0.1, 0.15) is 6.29 Å². The van der Waals surface area contributed by atoms with Gasteiger partial charge in [-0.1, -0.05) is 19.3 Å². The van der Waals surface area contributed by atoms with Crippen LogP contribution in [0.25, 0.3) is 0 Å². The van der Waals surface area contributed by atoms with E-state index in [1.54, 1.807) is 0 Å². The minimum absolute atomic E-state index is 0.114. The van der Waals surface area contributed by atoms with Crippen LogP contribution >= 0.6 is 0 Å². The van der Waals surface area contributed by atoms with E-state index in [4.69, 9.17) is 19.7 Å². The molecule has 9 heteroatoms. The van der Waals surface area contributed by atoms with Gasteiger partial charge in [-0.25, -0.2) is 0 Å². The number of unbranched alkanes of at least 4 members (excludes halogenated alkanes) is 5. The fourth-order valence-corrected chi connectivity index (χ4v) is 2.51. The lowest BCUT2D eigenvalue weighted by Gasteiger charge is -2.31. The Morgan fingerprint density at radius 1 is 0.964 bits per heavy atom.